The van der Waals surface area contributed by atoms with E-state index in [2.05, 4.69) is 15.4 Å². The number of carbonyl (C=O) groups is 1. The molecule has 1 saturated heterocycles. The molecule has 1 fully saturated rings. The first kappa shape index (κ1) is 15.5. The van der Waals surface area contributed by atoms with E-state index in [0.717, 1.165) is 13.1 Å². The van der Waals surface area contributed by atoms with Crippen molar-refractivity contribution in [1.29, 1.82) is 0 Å². The van der Waals surface area contributed by atoms with Gasteiger partial charge in [0.25, 0.3) is 11.5 Å². The van der Waals surface area contributed by atoms with Gasteiger partial charge in [-0.25, -0.2) is 0 Å². The number of hydrogen-bond acceptors (Lipinski definition) is 5. The van der Waals surface area contributed by atoms with Gasteiger partial charge >= 0.3 is 0 Å². The highest BCUT2D eigenvalue weighted by atomic mass is 16.5. The average molecular weight is 316 g/mol. The lowest BCUT2D eigenvalue weighted by Gasteiger charge is -2.10. The van der Waals surface area contributed by atoms with Crippen LogP contribution in [0.5, 0.6) is 0 Å². The number of aryl methyl sites for hydroxylation is 1. The standard InChI is InChI=1S/C16H20N4O3/c1-2-20-9-5-6-13(16(20)22)17-15(21)14-10-12(23-18-14)11-19-7-3-4-8-19/h5-6,9-10H,2-4,7-8,11H2,1H3,(H,17,21). The van der Waals surface area contributed by atoms with Gasteiger partial charge in [-0.2, -0.15) is 0 Å². The summed E-state index contributed by atoms with van der Waals surface area (Å²) in [6.07, 6.45) is 4.07. The van der Waals surface area contributed by atoms with Crippen LogP contribution in [0.2, 0.25) is 0 Å². The molecule has 1 aliphatic heterocycles. The van der Waals surface area contributed by atoms with Crippen molar-refractivity contribution in [2.75, 3.05) is 18.4 Å². The van der Waals surface area contributed by atoms with E-state index in [1.54, 1.807) is 24.4 Å². The second-order valence-electron chi connectivity index (χ2n) is 5.63. The predicted octanol–water partition coefficient (Wildman–Crippen LogP) is 1.70. The first-order chi connectivity index (χ1) is 11.2. The van der Waals surface area contributed by atoms with Crippen LogP contribution in [0.15, 0.2) is 33.7 Å². The maximum absolute atomic E-state index is 12.2. The van der Waals surface area contributed by atoms with Gasteiger partial charge in [0, 0.05) is 18.8 Å². The molecule has 0 radical (unpaired) electrons. The van der Waals surface area contributed by atoms with Gasteiger partial charge in [0.1, 0.15) is 5.69 Å². The van der Waals surface area contributed by atoms with E-state index >= 15 is 0 Å². The third-order valence-electron chi connectivity index (χ3n) is 3.98. The van der Waals surface area contributed by atoms with Crippen LogP contribution in [0, 0.1) is 0 Å². The Bertz CT molecular complexity index is 744. The Morgan fingerprint density at radius 3 is 2.91 bits per heavy atom. The molecular weight excluding hydrogens is 296 g/mol. The molecule has 7 nitrogen and oxygen atoms in total. The Labute approximate surface area is 133 Å². The van der Waals surface area contributed by atoms with Crippen LogP contribution in [0.1, 0.15) is 36.0 Å². The fourth-order valence-corrected chi connectivity index (χ4v) is 2.72. The summed E-state index contributed by atoms with van der Waals surface area (Å²) in [4.78, 5) is 26.6. The lowest BCUT2D eigenvalue weighted by molar-refractivity contribution is 0.101. The van der Waals surface area contributed by atoms with Crippen LogP contribution in [-0.2, 0) is 13.1 Å². The third kappa shape index (κ3) is 3.50. The summed E-state index contributed by atoms with van der Waals surface area (Å²) in [5.74, 6) is 0.225. The molecule has 0 bridgehead atoms. The average Bonchev–Trinajstić information content (AvgIpc) is 3.22. The number of pyridine rings is 1. The first-order valence-electron chi connectivity index (χ1n) is 7.86. The highest BCUT2D eigenvalue weighted by Gasteiger charge is 2.18. The highest BCUT2D eigenvalue weighted by molar-refractivity contribution is 6.02. The molecule has 0 unspecified atom stereocenters. The number of rotatable bonds is 5. The third-order valence-corrected chi connectivity index (χ3v) is 3.98. The second kappa shape index (κ2) is 6.78. The topological polar surface area (TPSA) is 80.4 Å². The van der Waals surface area contributed by atoms with Gasteiger partial charge in [0.2, 0.25) is 0 Å². The highest BCUT2D eigenvalue weighted by Crippen LogP contribution is 2.14. The molecule has 0 atom stereocenters. The number of likely N-dealkylation sites (tertiary alicyclic amines) is 1. The normalized spacial score (nSPS) is 15.0. The Kier molecular flexibility index (Phi) is 4.57. The van der Waals surface area contributed by atoms with Crippen LogP contribution in [0.3, 0.4) is 0 Å². The van der Waals surface area contributed by atoms with E-state index in [0.29, 0.717) is 18.8 Å². The SMILES string of the molecule is CCn1cccc(NC(=O)c2cc(CN3CCCC3)on2)c1=O. The van der Waals surface area contributed by atoms with Gasteiger partial charge in [-0.15, -0.1) is 0 Å². The molecule has 0 saturated carbocycles. The fourth-order valence-electron chi connectivity index (χ4n) is 2.72. The van der Waals surface area contributed by atoms with Crippen molar-refractivity contribution in [3.8, 4) is 0 Å². The number of carbonyl (C=O) groups excluding carboxylic acids is 1. The number of nitrogens with one attached hydrogen (secondary N) is 1. The van der Waals surface area contributed by atoms with Gasteiger partial charge in [0.05, 0.1) is 6.54 Å². The lowest BCUT2D eigenvalue weighted by Crippen LogP contribution is -2.25. The number of anilines is 1. The van der Waals surface area contributed by atoms with Crippen molar-refractivity contribution in [2.24, 2.45) is 0 Å². The molecule has 3 rings (SSSR count). The van der Waals surface area contributed by atoms with Crippen LogP contribution >= 0.6 is 0 Å². The molecule has 1 aliphatic rings. The quantitative estimate of drug-likeness (QED) is 0.908. The van der Waals surface area contributed by atoms with Gasteiger partial charge in [-0.05, 0) is 45.0 Å². The molecule has 1 N–H and O–H groups in total. The van der Waals surface area contributed by atoms with Gasteiger partial charge in [-0.3, -0.25) is 14.5 Å². The van der Waals surface area contributed by atoms with E-state index in [9.17, 15) is 9.59 Å². The number of amides is 1. The molecule has 0 spiro atoms. The maximum Gasteiger partial charge on any atom is 0.278 e. The lowest BCUT2D eigenvalue weighted by atomic mass is 10.3. The minimum absolute atomic E-state index is 0.186. The summed E-state index contributed by atoms with van der Waals surface area (Å²) in [5.41, 5.74) is 0.193. The second-order valence-corrected chi connectivity index (χ2v) is 5.63. The van der Waals surface area contributed by atoms with E-state index in [-0.39, 0.29) is 16.9 Å². The smallest absolute Gasteiger partial charge is 0.278 e. The summed E-state index contributed by atoms with van der Waals surface area (Å²) in [7, 11) is 0. The Morgan fingerprint density at radius 2 is 2.17 bits per heavy atom. The predicted molar refractivity (Wildman–Crippen MR) is 85.3 cm³/mol. The summed E-state index contributed by atoms with van der Waals surface area (Å²) in [6, 6.07) is 4.94. The summed E-state index contributed by atoms with van der Waals surface area (Å²) >= 11 is 0. The van der Waals surface area contributed by atoms with Crippen LogP contribution in [0.25, 0.3) is 0 Å². The Balaban J connectivity index is 1.69. The molecular formula is C16H20N4O3. The van der Waals surface area contributed by atoms with Gasteiger partial charge in [-0.1, -0.05) is 5.16 Å². The zero-order valence-corrected chi connectivity index (χ0v) is 13.1. The molecule has 0 aliphatic carbocycles. The first-order valence-corrected chi connectivity index (χ1v) is 7.86. The molecule has 0 aromatic carbocycles. The minimum atomic E-state index is -0.438. The minimum Gasteiger partial charge on any atom is -0.359 e. The van der Waals surface area contributed by atoms with Crippen molar-refractivity contribution >= 4 is 11.6 Å². The molecule has 3 heterocycles. The van der Waals surface area contributed by atoms with E-state index in [4.69, 9.17) is 4.52 Å². The van der Waals surface area contributed by atoms with Crippen LogP contribution < -0.4 is 10.9 Å². The van der Waals surface area contributed by atoms with Gasteiger partial charge < -0.3 is 14.4 Å². The van der Waals surface area contributed by atoms with Crippen LogP contribution in [-0.4, -0.2) is 33.6 Å². The molecule has 2 aromatic rings. The fraction of sp³-hybridized carbons (Fsp3) is 0.438. The molecule has 7 heteroatoms. The Morgan fingerprint density at radius 1 is 1.39 bits per heavy atom. The van der Waals surface area contributed by atoms with Crippen molar-refractivity contribution < 1.29 is 9.32 Å². The van der Waals surface area contributed by atoms with Crippen molar-refractivity contribution in [2.45, 2.75) is 32.9 Å². The van der Waals surface area contributed by atoms with Crippen molar-refractivity contribution in [1.82, 2.24) is 14.6 Å². The van der Waals surface area contributed by atoms with E-state index < -0.39 is 5.91 Å². The molecule has 23 heavy (non-hydrogen) atoms. The van der Waals surface area contributed by atoms with Crippen LogP contribution in [0.4, 0.5) is 5.69 Å². The van der Waals surface area contributed by atoms with Crippen molar-refractivity contribution in [3.05, 3.63) is 46.2 Å². The maximum atomic E-state index is 12.2. The number of aromatic nitrogens is 2. The number of hydrogen-bond donors (Lipinski definition) is 1. The van der Waals surface area contributed by atoms with Gasteiger partial charge in [0.15, 0.2) is 11.5 Å². The molecule has 122 valence electrons. The zero-order chi connectivity index (χ0) is 16.2. The monoisotopic (exact) mass is 316 g/mol. The van der Waals surface area contributed by atoms with E-state index in [1.165, 1.54) is 17.4 Å². The summed E-state index contributed by atoms with van der Waals surface area (Å²) in [6.45, 7) is 5.17. The summed E-state index contributed by atoms with van der Waals surface area (Å²) in [5, 5.41) is 6.40. The van der Waals surface area contributed by atoms with E-state index in [1.807, 2.05) is 6.92 Å². The Hall–Kier alpha value is -2.41. The zero-order valence-electron chi connectivity index (χ0n) is 13.1. The largest absolute Gasteiger partial charge is 0.359 e. The molecule has 2 aromatic heterocycles. The number of nitrogens with zero attached hydrogens (tertiary/aromatic N) is 3. The summed E-state index contributed by atoms with van der Waals surface area (Å²) < 4.78 is 6.75. The van der Waals surface area contributed by atoms with Crippen molar-refractivity contribution in [3.63, 3.8) is 0 Å². The molecule has 1 amide bonds.